The Morgan fingerprint density at radius 3 is 2.65 bits per heavy atom. The molecule has 2 fully saturated rings. The second-order valence-electron chi connectivity index (χ2n) is 10.4. The molecule has 218 valence electrons. The SMILES string of the molecule is CC(=O)OCc1ncsc1/C=C\SC1=C(C(=O)O)N2C(=O)[C@H]([C@@H](C)O)[C@H]2C1(C)CCOC(=O)OC1CCCCC1. The fourth-order valence-electron chi connectivity index (χ4n) is 5.63. The number of thiazole rings is 1. The molecule has 1 unspecified atom stereocenters. The number of nitrogens with zero attached hydrogens (tertiary/aromatic N) is 2. The minimum atomic E-state index is -1.26. The van der Waals surface area contributed by atoms with Gasteiger partial charge in [-0.1, -0.05) is 25.1 Å². The van der Waals surface area contributed by atoms with Crippen LogP contribution in [0, 0.1) is 11.3 Å². The Kier molecular flexibility index (Phi) is 9.57. The smallest absolute Gasteiger partial charge is 0.477 e. The summed E-state index contributed by atoms with van der Waals surface area (Å²) in [6.45, 7) is 4.61. The van der Waals surface area contributed by atoms with Crippen LogP contribution in [0.5, 0.6) is 0 Å². The van der Waals surface area contributed by atoms with E-state index in [9.17, 15) is 29.4 Å². The minimum absolute atomic E-state index is 0.0126. The first kappa shape index (κ1) is 30.1. The molecule has 2 aliphatic heterocycles. The molecule has 1 saturated heterocycles. The maximum absolute atomic E-state index is 13.0. The normalized spacial score (nSPS) is 25.5. The van der Waals surface area contributed by atoms with Crippen LogP contribution < -0.4 is 0 Å². The average molecular weight is 595 g/mol. The first-order valence-electron chi connectivity index (χ1n) is 13.3. The lowest BCUT2D eigenvalue weighted by atomic mass is 9.68. The van der Waals surface area contributed by atoms with Gasteiger partial charge in [0.25, 0.3) is 0 Å². The molecule has 0 spiro atoms. The van der Waals surface area contributed by atoms with E-state index in [1.54, 1.807) is 17.0 Å². The number of carboxylic acid groups (broad SMARTS) is 1. The molecular formula is C27H34N2O9S2. The van der Waals surface area contributed by atoms with E-state index in [1.807, 2.05) is 6.92 Å². The highest BCUT2D eigenvalue weighted by atomic mass is 32.2. The highest BCUT2D eigenvalue weighted by Crippen LogP contribution is 2.59. The van der Waals surface area contributed by atoms with E-state index >= 15 is 0 Å². The van der Waals surface area contributed by atoms with Crippen LogP contribution in [0.25, 0.3) is 6.08 Å². The number of aliphatic carboxylic acids is 1. The number of ether oxygens (including phenoxy) is 3. The summed E-state index contributed by atoms with van der Waals surface area (Å²) in [5.74, 6) is -2.92. The predicted octanol–water partition coefficient (Wildman–Crippen LogP) is 4.31. The van der Waals surface area contributed by atoms with Gasteiger partial charge in [-0.2, -0.15) is 0 Å². The molecule has 13 heteroatoms. The minimum Gasteiger partial charge on any atom is -0.477 e. The van der Waals surface area contributed by atoms with Gasteiger partial charge < -0.3 is 29.3 Å². The highest BCUT2D eigenvalue weighted by molar-refractivity contribution is 8.06. The predicted molar refractivity (Wildman–Crippen MR) is 147 cm³/mol. The van der Waals surface area contributed by atoms with Gasteiger partial charge >= 0.3 is 18.1 Å². The van der Waals surface area contributed by atoms with E-state index in [4.69, 9.17) is 14.2 Å². The van der Waals surface area contributed by atoms with Crippen molar-refractivity contribution in [1.82, 2.24) is 9.88 Å². The molecule has 3 aliphatic rings. The van der Waals surface area contributed by atoms with Gasteiger partial charge in [-0.3, -0.25) is 9.59 Å². The van der Waals surface area contributed by atoms with Crippen LogP contribution >= 0.6 is 23.1 Å². The molecule has 2 N–H and O–H groups in total. The molecular weight excluding hydrogens is 560 g/mol. The van der Waals surface area contributed by atoms with Gasteiger partial charge in [0.05, 0.1) is 40.8 Å². The van der Waals surface area contributed by atoms with Crippen molar-refractivity contribution in [3.63, 3.8) is 0 Å². The molecule has 4 rings (SSSR count). The quantitative estimate of drug-likeness (QED) is 0.278. The van der Waals surface area contributed by atoms with Crippen molar-refractivity contribution in [3.05, 3.63) is 32.1 Å². The maximum Gasteiger partial charge on any atom is 0.508 e. The number of amides is 1. The molecule has 0 bridgehead atoms. The zero-order valence-corrected chi connectivity index (χ0v) is 24.3. The molecule has 11 nitrogen and oxygen atoms in total. The molecule has 4 atom stereocenters. The molecule has 1 amide bonds. The third-order valence-electron chi connectivity index (χ3n) is 7.64. The molecule has 0 radical (unpaired) electrons. The van der Waals surface area contributed by atoms with Gasteiger partial charge in [0, 0.05) is 17.2 Å². The van der Waals surface area contributed by atoms with Gasteiger partial charge in [0.15, 0.2) is 0 Å². The molecule has 1 aromatic rings. The zero-order chi connectivity index (χ0) is 29.0. The van der Waals surface area contributed by atoms with E-state index in [2.05, 4.69) is 4.98 Å². The Labute approximate surface area is 240 Å². The Morgan fingerprint density at radius 1 is 1.27 bits per heavy atom. The lowest BCUT2D eigenvalue weighted by Crippen LogP contribution is -2.66. The van der Waals surface area contributed by atoms with Gasteiger partial charge in [-0.05, 0) is 50.5 Å². The number of carbonyl (C=O) groups excluding carboxylic acids is 3. The Hall–Kier alpha value is -2.90. The number of thioether (sulfide) groups is 1. The summed E-state index contributed by atoms with van der Waals surface area (Å²) in [6.07, 6.45) is 4.81. The van der Waals surface area contributed by atoms with E-state index in [0.29, 0.717) is 10.6 Å². The van der Waals surface area contributed by atoms with Crippen LogP contribution in [0.2, 0.25) is 0 Å². The summed E-state index contributed by atoms with van der Waals surface area (Å²) in [5.41, 5.74) is 1.12. The van der Waals surface area contributed by atoms with Crippen molar-refractivity contribution in [2.24, 2.45) is 11.3 Å². The van der Waals surface area contributed by atoms with Crippen LogP contribution in [-0.4, -0.2) is 69.0 Å². The number of β-lactam (4-membered cyclic amide) rings is 1. The lowest BCUT2D eigenvalue weighted by Gasteiger charge is -2.50. The molecule has 1 aromatic heterocycles. The maximum atomic E-state index is 13.0. The number of hydrogen-bond donors (Lipinski definition) is 2. The number of fused-ring (bicyclic) bond motifs is 1. The number of aromatic nitrogens is 1. The summed E-state index contributed by atoms with van der Waals surface area (Å²) in [5, 5.41) is 22.2. The van der Waals surface area contributed by atoms with Gasteiger partial charge in [0.2, 0.25) is 5.91 Å². The molecule has 0 aromatic carbocycles. The zero-order valence-electron chi connectivity index (χ0n) is 22.7. The van der Waals surface area contributed by atoms with Crippen molar-refractivity contribution in [2.45, 2.75) is 84.2 Å². The molecule has 1 saturated carbocycles. The van der Waals surface area contributed by atoms with E-state index in [1.165, 1.54) is 30.1 Å². The van der Waals surface area contributed by atoms with Gasteiger partial charge in [-0.15, -0.1) is 11.3 Å². The van der Waals surface area contributed by atoms with Crippen LogP contribution in [0.1, 0.15) is 69.9 Å². The lowest BCUT2D eigenvalue weighted by molar-refractivity contribution is -0.167. The first-order chi connectivity index (χ1) is 19.0. The summed E-state index contributed by atoms with van der Waals surface area (Å²) in [7, 11) is 0. The first-order valence-corrected chi connectivity index (χ1v) is 15.0. The van der Waals surface area contributed by atoms with Gasteiger partial charge in [0.1, 0.15) is 18.4 Å². The number of rotatable bonds is 11. The number of carbonyl (C=O) groups is 4. The number of aliphatic hydroxyl groups is 1. The van der Waals surface area contributed by atoms with Crippen LogP contribution in [-0.2, 0) is 35.2 Å². The number of carboxylic acids is 1. The second-order valence-corrected chi connectivity index (χ2v) is 12.2. The Morgan fingerprint density at radius 2 is 2.00 bits per heavy atom. The molecule has 3 heterocycles. The second kappa shape index (κ2) is 12.7. The Balaban J connectivity index is 1.53. The highest BCUT2D eigenvalue weighted by Gasteiger charge is 2.66. The summed E-state index contributed by atoms with van der Waals surface area (Å²) in [4.78, 5) is 55.5. The van der Waals surface area contributed by atoms with E-state index in [0.717, 1.165) is 48.7 Å². The van der Waals surface area contributed by atoms with Crippen molar-refractivity contribution in [3.8, 4) is 0 Å². The average Bonchev–Trinajstić information content (AvgIpc) is 3.42. The van der Waals surface area contributed by atoms with Crippen molar-refractivity contribution < 1.29 is 43.6 Å². The number of hydrogen-bond acceptors (Lipinski definition) is 11. The van der Waals surface area contributed by atoms with E-state index < -0.39 is 47.5 Å². The van der Waals surface area contributed by atoms with Crippen molar-refractivity contribution in [2.75, 3.05) is 6.61 Å². The monoisotopic (exact) mass is 594 g/mol. The summed E-state index contributed by atoms with van der Waals surface area (Å²) < 4.78 is 15.9. The summed E-state index contributed by atoms with van der Waals surface area (Å²) in [6, 6.07) is -0.608. The van der Waals surface area contributed by atoms with Crippen molar-refractivity contribution >= 4 is 53.2 Å². The fourth-order valence-corrected chi connectivity index (χ4v) is 7.54. The van der Waals surface area contributed by atoms with Crippen LogP contribution in [0.15, 0.2) is 21.5 Å². The third-order valence-corrected chi connectivity index (χ3v) is 9.64. The standard InChI is InChI=1S/C27H34N2O9S2/c1-15(30)20-22-27(3,10-11-36-26(35)38-17-7-5-4-6-8-17)23(21(25(33)34)29(22)24(20)32)39-12-9-19-18(28-14-40-19)13-37-16(2)31/h9,12,14-15,17,20,22,30H,4-8,10-11,13H2,1-3H3,(H,33,34)/b12-9-/t15-,20-,22+,27?/m1/s1. The van der Waals surface area contributed by atoms with Crippen molar-refractivity contribution in [1.29, 1.82) is 0 Å². The van der Waals surface area contributed by atoms with Crippen LogP contribution in [0.3, 0.4) is 0 Å². The van der Waals surface area contributed by atoms with Crippen LogP contribution in [0.4, 0.5) is 4.79 Å². The fraction of sp³-hybridized carbons (Fsp3) is 0.593. The van der Waals surface area contributed by atoms with E-state index in [-0.39, 0.29) is 31.4 Å². The molecule has 1 aliphatic carbocycles. The topological polar surface area (TPSA) is 153 Å². The largest absolute Gasteiger partial charge is 0.508 e. The number of aliphatic hydroxyl groups excluding tert-OH is 1. The Bertz CT molecular complexity index is 1200. The third kappa shape index (κ3) is 6.21. The summed E-state index contributed by atoms with van der Waals surface area (Å²) >= 11 is 2.49. The number of esters is 1. The molecule has 40 heavy (non-hydrogen) atoms. The van der Waals surface area contributed by atoms with Gasteiger partial charge in [-0.25, -0.2) is 14.6 Å².